The van der Waals surface area contributed by atoms with Crippen molar-refractivity contribution >= 4 is 29.3 Å². The van der Waals surface area contributed by atoms with Crippen LogP contribution in [0.25, 0.3) is 5.57 Å². The fraction of sp³-hybridized carbons (Fsp3) is 0.440. The van der Waals surface area contributed by atoms with Gasteiger partial charge in [0.2, 0.25) is 5.91 Å². The van der Waals surface area contributed by atoms with Gasteiger partial charge in [0.25, 0.3) is 5.91 Å². The van der Waals surface area contributed by atoms with Gasteiger partial charge in [-0.15, -0.1) is 0 Å². The van der Waals surface area contributed by atoms with Crippen molar-refractivity contribution in [3.63, 3.8) is 0 Å². The highest BCUT2D eigenvalue weighted by atomic mass is 16.5. The summed E-state index contributed by atoms with van der Waals surface area (Å²) < 4.78 is 10.8. The average Bonchev–Trinajstić information content (AvgIpc) is 3.52. The maximum Gasteiger partial charge on any atom is 0.276 e. The summed E-state index contributed by atoms with van der Waals surface area (Å²) in [6.07, 6.45) is 6.73. The Hall–Kier alpha value is -3.62. The van der Waals surface area contributed by atoms with E-state index in [0.29, 0.717) is 61.0 Å². The van der Waals surface area contributed by atoms with Crippen molar-refractivity contribution in [1.82, 2.24) is 10.1 Å². The second kappa shape index (κ2) is 8.62. The highest BCUT2D eigenvalue weighted by molar-refractivity contribution is 6.09. The topological polar surface area (TPSA) is 126 Å². The van der Waals surface area contributed by atoms with E-state index in [-0.39, 0.29) is 11.8 Å². The second-order valence-corrected chi connectivity index (χ2v) is 9.32. The van der Waals surface area contributed by atoms with Crippen molar-refractivity contribution in [3.8, 4) is 5.75 Å². The van der Waals surface area contributed by atoms with Gasteiger partial charge in [0.1, 0.15) is 11.5 Å². The number of nitrogens with two attached hydrogens (primary N) is 1. The van der Waals surface area contributed by atoms with Crippen LogP contribution in [0.2, 0.25) is 0 Å². The normalized spacial score (nSPS) is 20.1. The van der Waals surface area contributed by atoms with E-state index in [2.05, 4.69) is 5.16 Å². The van der Waals surface area contributed by atoms with Crippen LogP contribution in [-0.2, 0) is 4.79 Å². The summed E-state index contributed by atoms with van der Waals surface area (Å²) in [4.78, 5) is 30.0. The maximum absolute atomic E-state index is 13.5. The highest BCUT2D eigenvalue weighted by Crippen LogP contribution is 2.44. The summed E-state index contributed by atoms with van der Waals surface area (Å²) in [5, 5.41) is 11.5. The summed E-state index contributed by atoms with van der Waals surface area (Å²) in [5.41, 5.74) is 7.54. The summed E-state index contributed by atoms with van der Waals surface area (Å²) in [6.45, 7) is 1.67. The van der Waals surface area contributed by atoms with Gasteiger partial charge >= 0.3 is 0 Å². The number of carbonyl (C=O) groups excluding carboxylic acids is 2. The molecule has 0 radical (unpaired) electrons. The van der Waals surface area contributed by atoms with Gasteiger partial charge in [-0.2, -0.15) is 0 Å². The van der Waals surface area contributed by atoms with Crippen LogP contribution in [0.5, 0.6) is 5.75 Å². The number of benzene rings is 1. The number of carbonyl (C=O) groups is 2. The molecule has 3 aliphatic rings. The predicted molar refractivity (Wildman–Crippen MR) is 127 cm³/mol. The number of aromatic nitrogens is 1. The molecule has 3 heterocycles. The molecule has 2 aromatic rings. The molecule has 9 nitrogen and oxygen atoms in total. The maximum atomic E-state index is 13.5. The number of methoxy groups -OCH3 is 1. The molecule has 0 bridgehead atoms. The predicted octanol–water partition coefficient (Wildman–Crippen LogP) is 3.17. The number of hydrogen-bond donors (Lipinski definition) is 2. The number of amides is 2. The third kappa shape index (κ3) is 3.74. The zero-order chi connectivity index (χ0) is 23.9. The van der Waals surface area contributed by atoms with E-state index in [4.69, 9.17) is 20.4 Å². The molecular formula is C25H29N5O4. The summed E-state index contributed by atoms with van der Waals surface area (Å²) >= 11 is 0. The minimum absolute atomic E-state index is 0.0912. The lowest BCUT2D eigenvalue weighted by molar-refractivity contribution is -0.127. The Kier molecular flexibility index (Phi) is 5.63. The molecule has 2 amide bonds. The van der Waals surface area contributed by atoms with Crippen molar-refractivity contribution in [2.75, 3.05) is 31.6 Å². The molecule has 3 fully saturated rings. The van der Waals surface area contributed by atoms with Crippen molar-refractivity contribution in [1.29, 1.82) is 5.41 Å². The van der Waals surface area contributed by atoms with Gasteiger partial charge in [0, 0.05) is 66.9 Å². The van der Waals surface area contributed by atoms with Gasteiger partial charge in [-0.05, 0) is 44.2 Å². The monoisotopic (exact) mass is 463 g/mol. The van der Waals surface area contributed by atoms with Crippen LogP contribution in [0.4, 0.5) is 5.69 Å². The first-order valence-electron chi connectivity index (χ1n) is 11.7. The fourth-order valence-corrected chi connectivity index (χ4v) is 5.08. The molecule has 1 aromatic carbocycles. The molecular weight excluding hydrogens is 434 g/mol. The number of piperidine rings is 1. The molecule has 0 atom stereocenters. The lowest BCUT2D eigenvalue weighted by atomic mass is 9.77. The molecule has 1 saturated carbocycles. The van der Waals surface area contributed by atoms with Gasteiger partial charge in [0.05, 0.1) is 12.5 Å². The Morgan fingerprint density at radius 3 is 2.62 bits per heavy atom. The molecule has 1 aliphatic carbocycles. The van der Waals surface area contributed by atoms with Crippen molar-refractivity contribution in [3.05, 3.63) is 47.5 Å². The van der Waals surface area contributed by atoms with E-state index in [1.54, 1.807) is 23.0 Å². The largest absolute Gasteiger partial charge is 0.496 e. The Morgan fingerprint density at radius 2 is 1.97 bits per heavy atom. The van der Waals surface area contributed by atoms with Crippen LogP contribution >= 0.6 is 0 Å². The van der Waals surface area contributed by atoms with Crippen molar-refractivity contribution in [2.24, 2.45) is 11.1 Å². The number of rotatable bonds is 6. The molecule has 1 aromatic heterocycles. The van der Waals surface area contributed by atoms with E-state index < -0.39 is 5.41 Å². The highest BCUT2D eigenvalue weighted by Gasteiger charge is 2.49. The van der Waals surface area contributed by atoms with Crippen LogP contribution in [0, 0.1) is 10.8 Å². The number of likely N-dealkylation sites (tertiary alicyclic amines) is 1. The van der Waals surface area contributed by atoms with E-state index in [1.807, 2.05) is 18.2 Å². The van der Waals surface area contributed by atoms with Crippen LogP contribution < -0.4 is 15.4 Å². The molecule has 5 rings (SSSR count). The Labute approximate surface area is 198 Å². The number of anilines is 1. The van der Waals surface area contributed by atoms with E-state index >= 15 is 0 Å². The van der Waals surface area contributed by atoms with Gasteiger partial charge in [-0.1, -0.05) is 5.16 Å². The minimum Gasteiger partial charge on any atom is -0.496 e. The molecule has 3 N–H and O–H groups in total. The van der Waals surface area contributed by atoms with Gasteiger partial charge in [0.15, 0.2) is 5.69 Å². The quantitative estimate of drug-likeness (QED) is 0.634. The number of nitrogens with zero attached hydrogens (tertiary/aromatic N) is 3. The number of hydrogen-bond acceptors (Lipinski definition) is 7. The van der Waals surface area contributed by atoms with Gasteiger partial charge in [-0.3, -0.25) is 9.59 Å². The SMILES string of the molecule is COc1cc(N2CCC3(CCN(C(=O)c4cc(C5CC5)on4)CC3)C2=O)ccc1/C(C=N)=C/N. The molecule has 178 valence electrons. The lowest BCUT2D eigenvalue weighted by Crippen LogP contribution is -2.46. The number of nitrogens with one attached hydrogen (secondary N) is 1. The van der Waals surface area contributed by atoms with E-state index in [1.165, 1.54) is 12.4 Å². The van der Waals surface area contributed by atoms with E-state index in [9.17, 15) is 9.59 Å². The molecule has 2 aliphatic heterocycles. The Morgan fingerprint density at radius 1 is 1.24 bits per heavy atom. The van der Waals surface area contributed by atoms with Gasteiger partial charge in [-0.25, -0.2) is 0 Å². The fourth-order valence-electron chi connectivity index (χ4n) is 5.08. The smallest absolute Gasteiger partial charge is 0.276 e. The first-order chi connectivity index (χ1) is 16.5. The van der Waals surface area contributed by atoms with Crippen LogP contribution in [0.1, 0.15) is 59.8 Å². The molecule has 0 unspecified atom stereocenters. The Balaban J connectivity index is 1.27. The summed E-state index contributed by atoms with van der Waals surface area (Å²) in [7, 11) is 1.56. The zero-order valence-electron chi connectivity index (χ0n) is 19.3. The third-order valence-corrected chi connectivity index (χ3v) is 7.39. The van der Waals surface area contributed by atoms with E-state index in [0.717, 1.165) is 30.7 Å². The third-order valence-electron chi connectivity index (χ3n) is 7.39. The Bertz CT molecular complexity index is 1160. The van der Waals surface area contributed by atoms with Crippen LogP contribution in [0.15, 0.2) is 35.0 Å². The first kappa shape index (κ1) is 22.2. The summed E-state index contributed by atoms with van der Waals surface area (Å²) in [6, 6.07) is 7.28. The van der Waals surface area contributed by atoms with Crippen LogP contribution in [0.3, 0.4) is 0 Å². The lowest BCUT2D eigenvalue weighted by Gasteiger charge is -2.37. The second-order valence-electron chi connectivity index (χ2n) is 9.32. The number of allylic oxidation sites excluding steroid dienone is 1. The average molecular weight is 464 g/mol. The molecule has 34 heavy (non-hydrogen) atoms. The molecule has 2 saturated heterocycles. The van der Waals surface area contributed by atoms with Gasteiger partial charge < -0.3 is 30.2 Å². The minimum atomic E-state index is -0.455. The zero-order valence-corrected chi connectivity index (χ0v) is 19.3. The number of ether oxygens (including phenoxy) is 1. The van der Waals surface area contributed by atoms with Crippen molar-refractivity contribution < 1.29 is 18.8 Å². The molecule has 1 spiro atoms. The standard InChI is InChI=1S/C25H29N5O4/c1-33-22-12-18(4-5-19(22)17(14-26)15-27)30-11-8-25(24(30)32)6-9-29(10-7-25)23(31)20-13-21(34-28-20)16-2-3-16/h4-5,12-16,26H,2-3,6-11,27H2,1H3/b17-15+,26-14?. The molecule has 9 heteroatoms. The summed E-state index contributed by atoms with van der Waals surface area (Å²) in [5.74, 6) is 1.74. The first-order valence-corrected chi connectivity index (χ1v) is 11.7. The van der Waals surface area contributed by atoms with Crippen molar-refractivity contribution in [2.45, 2.75) is 38.0 Å². The van der Waals surface area contributed by atoms with Crippen LogP contribution in [-0.4, -0.2) is 54.8 Å².